The molecule has 0 aliphatic rings. The molecule has 0 radical (unpaired) electrons. The second kappa shape index (κ2) is 8.35. The van der Waals surface area contributed by atoms with Gasteiger partial charge in [-0.15, -0.1) is 0 Å². The third-order valence-electron chi connectivity index (χ3n) is 3.27. The Labute approximate surface area is 120 Å². The number of aromatic carboxylic acids is 1. The molecule has 1 amide bonds. The maximum absolute atomic E-state index is 12.1. The van der Waals surface area contributed by atoms with Gasteiger partial charge in [0.2, 0.25) is 0 Å². The average molecular weight is 277 g/mol. The summed E-state index contributed by atoms with van der Waals surface area (Å²) in [5.74, 6) is -1.39. The summed E-state index contributed by atoms with van der Waals surface area (Å²) in [7, 11) is 0. The van der Waals surface area contributed by atoms with Gasteiger partial charge in [-0.05, 0) is 25.5 Å². The van der Waals surface area contributed by atoms with E-state index in [0.717, 1.165) is 12.8 Å². The summed E-state index contributed by atoms with van der Waals surface area (Å²) in [6.45, 7) is 4.11. The lowest BCUT2D eigenvalue weighted by molar-refractivity contribution is 0.0690. The van der Waals surface area contributed by atoms with Crippen molar-refractivity contribution < 1.29 is 14.7 Å². The standard InChI is InChI=1S/C16H23NO3/c1-3-4-5-6-9-12(2)17-15(18)13-10-7-8-11-14(13)16(19)20/h7-8,10-12H,3-6,9H2,1-2H3,(H,17,18)(H,19,20). The van der Waals surface area contributed by atoms with E-state index in [9.17, 15) is 9.59 Å². The van der Waals surface area contributed by atoms with Crippen LogP contribution in [0, 0.1) is 0 Å². The fourth-order valence-corrected chi connectivity index (χ4v) is 2.12. The van der Waals surface area contributed by atoms with E-state index in [2.05, 4.69) is 12.2 Å². The van der Waals surface area contributed by atoms with Crippen molar-refractivity contribution in [2.75, 3.05) is 0 Å². The molecule has 0 heterocycles. The maximum atomic E-state index is 12.1. The first-order valence-electron chi connectivity index (χ1n) is 7.19. The number of rotatable bonds is 8. The molecular formula is C16H23NO3. The molecule has 110 valence electrons. The number of carbonyl (C=O) groups excluding carboxylic acids is 1. The molecule has 2 N–H and O–H groups in total. The maximum Gasteiger partial charge on any atom is 0.336 e. The van der Waals surface area contributed by atoms with Crippen molar-refractivity contribution in [3.8, 4) is 0 Å². The van der Waals surface area contributed by atoms with Crippen molar-refractivity contribution in [1.82, 2.24) is 5.32 Å². The zero-order valence-electron chi connectivity index (χ0n) is 12.2. The van der Waals surface area contributed by atoms with Crippen molar-refractivity contribution >= 4 is 11.9 Å². The van der Waals surface area contributed by atoms with Crippen LogP contribution < -0.4 is 5.32 Å². The van der Waals surface area contributed by atoms with Crippen molar-refractivity contribution in [2.45, 2.75) is 52.0 Å². The van der Waals surface area contributed by atoms with Crippen LogP contribution in [-0.4, -0.2) is 23.0 Å². The molecule has 0 saturated carbocycles. The summed E-state index contributed by atoms with van der Waals surface area (Å²) in [5.41, 5.74) is 0.267. The van der Waals surface area contributed by atoms with Crippen LogP contribution in [0.2, 0.25) is 0 Å². The highest BCUT2D eigenvalue weighted by atomic mass is 16.4. The van der Waals surface area contributed by atoms with Crippen LogP contribution in [-0.2, 0) is 0 Å². The van der Waals surface area contributed by atoms with E-state index in [0.29, 0.717) is 0 Å². The number of amides is 1. The Hall–Kier alpha value is -1.84. The van der Waals surface area contributed by atoms with Crippen LogP contribution in [0.25, 0.3) is 0 Å². The SMILES string of the molecule is CCCCCCC(C)NC(=O)c1ccccc1C(=O)O. The minimum atomic E-state index is -1.08. The minimum Gasteiger partial charge on any atom is -0.478 e. The predicted molar refractivity (Wildman–Crippen MR) is 79.1 cm³/mol. The molecule has 0 aliphatic carbocycles. The number of benzene rings is 1. The van der Waals surface area contributed by atoms with Gasteiger partial charge in [-0.3, -0.25) is 4.79 Å². The third kappa shape index (κ3) is 5.03. The van der Waals surface area contributed by atoms with E-state index >= 15 is 0 Å². The van der Waals surface area contributed by atoms with Gasteiger partial charge in [0, 0.05) is 6.04 Å². The first-order chi connectivity index (χ1) is 9.56. The van der Waals surface area contributed by atoms with Crippen LogP contribution in [0.4, 0.5) is 0 Å². The smallest absolute Gasteiger partial charge is 0.336 e. The highest BCUT2D eigenvalue weighted by molar-refractivity contribution is 6.04. The topological polar surface area (TPSA) is 66.4 Å². The lowest BCUT2D eigenvalue weighted by atomic mass is 10.1. The molecule has 20 heavy (non-hydrogen) atoms. The van der Waals surface area contributed by atoms with Crippen molar-refractivity contribution in [3.05, 3.63) is 35.4 Å². The number of hydrogen-bond donors (Lipinski definition) is 2. The summed E-state index contributed by atoms with van der Waals surface area (Å²) in [6, 6.07) is 6.34. The number of carboxylic acids is 1. The molecule has 4 heteroatoms. The molecule has 1 atom stereocenters. The monoisotopic (exact) mass is 277 g/mol. The summed E-state index contributed by atoms with van der Waals surface area (Å²) in [6.07, 6.45) is 5.56. The molecule has 0 aromatic heterocycles. The molecule has 1 unspecified atom stereocenters. The van der Waals surface area contributed by atoms with Gasteiger partial charge in [0.1, 0.15) is 0 Å². The lowest BCUT2D eigenvalue weighted by Gasteiger charge is -2.14. The van der Waals surface area contributed by atoms with Crippen molar-refractivity contribution in [1.29, 1.82) is 0 Å². The normalized spacial score (nSPS) is 11.9. The summed E-state index contributed by atoms with van der Waals surface area (Å²) in [4.78, 5) is 23.2. The molecule has 0 spiro atoms. The Morgan fingerprint density at radius 3 is 2.40 bits per heavy atom. The Morgan fingerprint density at radius 1 is 1.15 bits per heavy atom. The summed E-state index contributed by atoms with van der Waals surface area (Å²) in [5, 5.41) is 11.9. The second-order valence-corrected chi connectivity index (χ2v) is 5.07. The molecule has 1 aromatic rings. The van der Waals surface area contributed by atoms with E-state index in [4.69, 9.17) is 5.11 Å². The molecule has 0 saturated heterocycles. The first-order valence-corrected chi connectivity index (χ1v) is 7.19. The zero-order chi connectivity index (χ0) is 15.0. The molecule has 1 aromatic carbocycles. The van der Waals surface area contributed by atoms with Gasteiger partial charge >= 0.3 is 5.97 Å². The van der Waals surface area contributed by atoms with E-state index < -0.39 is 5.97 Å². The number of unbranched alkanes of at least 4 members (excludes halogenated alkanes) is 3. The number of hydrogen-bond acceptors (Lipinski definition) is 2. The highest BCUT2D eigenvalue weighted by Crippen LogP contribution is 2.10. The summed E-state index contributed by atoms with van der Waals surface area (Å²) < 4.78 is 0. The first kappa shape index (κ1) is 16.2. The van der Waals surface area contributed by atoms with E-state index in [-0.39, 0.29) is 23.1 Å². The minimum absolute atomic E-state index is 0.0446. The predicted octanol–water partition coefficient (Wildman–Crippen LogP) is 3.47. The molecule has 4 nitrogen and oxygen atoms in total. The van der Waals surface area contributed by atoms with Crippen LogP contribution >= 0.6 is 0 Å². The molecule has 0 bridgehead atoms. The van der Waals surface area contributed by atoms with Crippen molar-refractivity contribution in [3.63, 3.8) is 0 Å². The van der Waals surface area contributed by atoms with Gasteiger partial charge in [0.25, 0.3) is 5.91 Å². The number of carbonyl (C=O) groups is 2. The van der Waals surface area contributed by atoms with E-state index in [1.54, 1.807) is 18.2 Å². The molecule has 1 rings (SSSR count). The lowest BCUT2D eigenvalue weighted by Crippen LogP contribution is -2.33. The second-order valence-electron chi connectivity index (χ2n) is 5.07. The fourth-order valence-electron chi connectivity index (χ4n) is 2.12. The van der Waals surface area contributed by atoms with Gasteiger partial charge in [0.15, 0.2) is 0 Å². The van der Waals surface area contributed by atoms with Crippen LogP contribution in [0.1, 0.15) is 66.7 Å². The molecule has 0 aliphatic heterocycles. The van der Waals surface area contributed by atoms with Crippen LogP contribution in [0.15, 0.2) is 24.3 Å². The molecule has 0 fully saturated rings. The Kier molecular flexibility index (Phi) is 6.77. The van der Waals surface area contributed by atoms with Gasteiger partial charge in [-0.2, -0.15) is 0 Å². The van der Waals surface area contributed by atoms with Gasteiger partial charge in [0.05, 0.1) is 11.1 Å². The number of carboxylic acid groups (broad SMARTS) is 1. The van der Waals surface area contributed by atoms with Crippen LogP contribution in [0.5, 0.6) is 0 Å². The van der Waals surface area contributed by atoms with Gasteiger partial charge in [-0.1, -0.05) is 44.7 Å². The number of nitrogens with one attached hydrogen (secondary N) is 1. The average Bonchev–Trinajstić information content (AvgIpc) is 2.43. The zero-order valence-corrected chi connectivity index (χ0v) is 12.2. The van der Waals surface area contributed by atoms with Gasteiger partial charge in [-0.25, -0.2) is 4.79 Å². The largest absolute Gasteiger partial charge is 0.478 e. The molecular weight excluding hydrogens is 254 g/mol. The summed E-state index contributed by atoms with van der Waals surface area (Å²) >= 11 is 0. The Morgan fingerprint density at radius 2 is 1.80 bits per heavy atom. The van der Waals surface area contributed by atoms with Gasteiger partial charge < -0.3 is 10.4 Å². The highest BCUT2D eigenvalue weighted by Gasteiger charge is 2.16. The quantitative estimate of drug-likeness (QED) is 0.715. The fraction of sp³-hybridized carbons (Fsp3) is 0.500. The Balaban J connectivity index is 2.56. The van der Waals surface area contributed by atoms with Crippen LogP contribution in [0.3, 0.4) is 0 Å². The van der Waals surface area contributed by atoms with Crippen molar-refractivity contribution in [2.24, 2.45) is 0 Å². The Bertz CT molecular complexity index is 457. The van der Waals surface area contributed by atoms with E-state index in [1.807, 2.05) is 6.92 Å². The van der Waals surface area contributed by atoms with E-state index in [1.165, 1.54) is 25.3 Å². The third-order valence-corrected chi connectivity index (χ3v) is 3.27.